The summed E-state index contributed by atoms with van der Waals surface area (Å²) in [5, 5.41) is 2.57. The van der Waals surface area contributed by atoms with Gasteiger partial charge < -0.3 is 10.1 Å². The summed E-state index contributed by atoms with van der Waals surface area (Å²) in [5.41, 5.74) is 1.27. The maximum absolute atomic E-state index is 12.8. The van der Waals surface area contributed by atoms with Gasteiger partial charge in [0, 0.05) is 23.4 Å². The van der Waals surface area contributed by atoms with Crippen LogP contribution < -0.4 is 5.32 Å². The van der Waals surface area contributed by atoms with E-state index in [0.29, 0.717) is 5.56 Å². The SMILES string of the molecule is CSc1ccc(C(=O)CCC(=O)OCC(=O)NCc2ccc(F)cc2)cc1. The molecule has 2 rings (SSSR count). The molecule has 0 heterocycles. The van der Waals surface area contributed by atoms with Crippen LogP contribution in [0.1, 0.15) is 28.8 Å². The number of thioether (sulfide) groups is 1. The predicted octanol–water partition coefficient (Wildman–Crippen LogP) is 3.37. The van der Waals surface area contributed by atoms with Gasteiger partial charge in [-0.05, 0) is 36.1 Å². The fraction of sp³-hybridized carbons (Fsp3) is 0.250. The summed E-state index contributed by atoms with van der Waals surface area (Å²) in [7, 11) is 0. The standard InChI is InChI=1S/C20H20FNO4S/c1-27-17-8-4-15(5-9-17)18(23)10-11-20(25)26-13-19(24)22-12-14-2-6-16(21)7-3-14/h2-9H,10-13H2,1H3,(H,22,24). The summed E-state index contributed by atoms with van der Waals surface area (Å²) in [6.45, 7) is -0.210. The molecule has 2 aromatic rings. The molecule has 0 fully saturated rings. The average molecular weight is 389 g/mol. The quantitative estimate of drug-likeness (QED) is 0.404. The van der Waals surface area contributed by atoms with Crippen molar-refractivity contribution in [1.82, 2.24) is 5.32 Å². The van der Waals surface area contributed by atoms with Crippen LogP contribution in [0.4, 0.5) is 4.39 Å². The number of Topliss-reactive ketones (excluding diaryl/α,β-unsaturated/α-hetero) is 1. The van der Waals surface area contributed by atoms with Crippen molar-refractivity contribution in [2.75, 3.05) is 12.9 Å². The van der Waals surface area contributed by atoms with Gasteiger partial charge in [-0.2, -0.15) is 0 Å². The Morgan fingerprint density at radius 3 is 2.30 bits per heavy atom. The Labute approximate surface area is 161 Å². The molecule has 0 unspecified atom stereocenters. The second kappa shape index (κ2) is 10.5. The van der Waals surface area contributed by atoms with Crippen LogP contribution in [0.2, 0.25) is 0 Å². The van der Waals surface area contributed by atoms with Gasteiger partial charge in [0.2, 0.25) is 0 Å². The summed E-state index contributed by atoms with van der Waals surface area (Å²) < 4.78 is 17.7. The maximum atomic E-state index is 12.8. The molecule has 27 heavy (non-hydrogen) atoms. The van der Waals surface area contributed by atoms with Crippen LogP contribution in [0.15, 0.2) is 53.4 Å². The molecule has 0 aromatic heterocycles. The lowest BCUT2D eigenvalue weighted by atomic mass is 10.1. The summed E-state index contributed by atoms with van der Waals surface area (Å²) in [6.07, 6.45) is 1.88. The van der Waals surface area contributed by atoms with E-state index in [2.05, 4.69) is 5.32 Å². The van der Waals surface area contributed by atoms with Gasteiger partial charge in [-0.1, -0.05) is 24.3 Å². The lowest BCUT2D eigenvalue weighted by Crippen LogP contribution is -2.28. The molecule has 0 aliphatic rings. The molecule has 0 aliphatic heterocycles. The van der Waals surface area contributed by atoms with Crippen LogP contribution >= 0.6 is 11.8 Å². The van der Waals surface area contributed by atoms with E-state index in [1.807, 2.05) is 18.4 Å². The highest BCUT2D eigenvalue weighted by Gasteiger charge is 2.12. The first-order valence-electron chi connectivity index (χ1n) is 8.32. The van der Waals surface area contributed by atoms with Crippen molar-refractivity contribution in [3.8, 4) is 0 Å². The molecule has 0 aliphatic carbocycles. The largest absolute Gasteiger partial charge is 0.456 e. The molecule has 2 aromatic carbocycles. The van der Waals surface area contributed by atoms with Crippen molar-refractivity contribution in [2.45, 2.75) is 24.3 Å². The van der Waals surface area contributed by atoms with Gasteiger partial charge in [-0.15, -0.1) is 11.8 Å². The van der Waals surface area contributed by atoms with Gasteiger partial charge in [0.05, 0.1) is 6.42 Å². The molecule has 1 amide bonds. The maximum Gasteiger partial charge on any atom is 0.306 e. The number of rotatable bonds is 9. The first kappa shape index (κ1) is 20.6. The number of amides is 1. The summed E-state index contributed by atoms with van der Waals surface area (Å²) in [5.74, 6) is -1.58. The van der Waals surface area contributed by atoms with Crippen LogP contribution in [0.25, 0.3) is 0 Å². The van der Waals surface area contributed by atoms with Crippen molar-refractivity contribution in [3.05, 3.63) is 65.5 Å². The first-order chi connectivity index (χ1) is 13.0. The fourth-order valence-electron chi connectivity index (χ4n) is 2.21. The molecular formula is C20H20FNO4S. The lowest BCUT2D eigenvalue weighted by molar-refractivity contribution is -0.148. The van der Waals surface area contributed by atoms with Gasteiger partial charge >= 0.3 is 5.97 Å². The molecule has 0 saturated carbocycles. The zero-order valence-electron chi connectivity index (χ0n) is 14.9. The van der Waals surface area contributed by atoms with E-state index in [4.69, 9.17) is 4.74 Å². The molecule has 0 bridgehead atoms. The number of carbonyl (C=O) groups excluding carboxylic acids is 3. The lowest BCUT2D eigenvalue weighted by Gasteiger charge is -2.07. The van der Waals surface area contributed by atoms with Crippen molar-refractivity contribution in [1.29, 1.82) is 0 Å². The van der Waals surface area contributed by atoms with Crippen LogP contribution in [0, 0.1) is 5.82 Å². The first-order valence-corrected chi connectivity index (χ1v) is 9.54. The van der Waals surface area contributed by atoms with Crippen LogP contribution in [0.5, 0.6) is 0 Å². The topological polar surface area (TPSA) is 72.5 Å². The third-order valence-corrected chi connectivity index (χ3v) is 4.48. The van der Waals surface area contributed by atoms with E-state index in [-0.39, 0.29) is 31.0 Å². The number of ketones is 1. The van der Waals surface area contributed by atoms with Crippen molar-refractivity contribution >= 4 is 29.4 Å². The van der Waals surface area contributed by atoms with Crippen molar-refractivity contribution in [2.24, 2.45) is 0 Å². The molecule has 1 N–H and O–H groups in total. The molecular weight excluding hydrogens is 369 g/mol. The van der Waals surface area contributed by atoms with Crippen LogP contribution in [-0.2, 0) is 20.9 Å². The molecule has 142 valence electrons. The minimum atomic E-state index is -0.610. The van der Waals surface area contributed by atoms with Crippen molar-refractivity contribution in [3.63, 3.8) is 0 Å². The minimum Gasteiger partial charge on any atom is -0.456 e. The summed E-state index contributed by atoms with van der Waals surface area (Å²) >= 11 is 1.58. The smallest absolute Gasteiger partial charge is 0.306 e. The van der Waals surface area contributed by atoms with Crippen LogP contribution in [0.3, 0.4) is 0 Å². The Bertz CT molecular complexity index is 791. The Kier molecular flexibility index (Phi) is 8.00. The second-order valence-electron chi connectivity index (χ2n) is 5.72. The minimum absolute atomic E-state index is 0.0225. The summed E-state index contributed by atoms with van der Waals surface area (Å²) in [4.78, 5) is 36.5. The zero-order chi connectivity index (χ0) is 19.6. The van der Waals surface area contributed by atoms with Gasteiger partial charge in [0.15, 0.2) is 12.4 Å². The fourth-order valence-corrected chi connectivity index (χ4v) is 2.62. The number of ether oxygens (including phenoxy) is 1. The van der Waals surface area contributed by atoms with Gasteiger partial charge in [0.25, 0.3) is 5.91 Å². The molecule has 0 saturated heterocycles. The summed E-state index contributed by atoms with van der Waals surface area (Å²) in [6, 6.07) is 12.9. The van der Waals surface area contributed by atoms with E-state index in [9.17, 15) is 18.8 Å². The van der Waals surface area contributed by atoms with Crippen LogP contribution in [-0.4, -0.2) is 30.5 Å². The second-order valence-corrected chi connectivity index (χ2v) is 6.60. The Hall–Kier alpha value is -2.67. The Morgan fingerprint density at radius 2 is 1.67 bits per heavy atom. The number of nitrogens with one attached hydrogen (secondary N) is 1. The van der Waals surface area contributed by atoms with E-state index >= 15 is 0 Å². The van der Waals surface area contributed by atoms with Gasteiger partial charge in [-0.25, -0.2) is 4.39 Å². The van der Waals surface area contributed by atoms with E-state index in [0.717, 1.165) is 10.5 Å². The van der Waals surface area contributed by atoms with E-state index in [1.165, 1.54) is 12.1 Å². The van der Waals surface area contributed by atoms with E-state index in [1.54, 1.807) is 36.0 Å². The van der Waals surface area contributed by atoms with Gasteiger partial charge in [0.1, 0.15) is 5.82 Å². The molecule has 0 atom stereocenters. The molecule has 7 heteroatoms. The number of esters is 1. The van der Waals surface area contributed by atoms with Gasteiger partial charge in [-0.3, -0.25) is 14.4 Å². The van der Waals surface area contributed by atoms with Crippen molar-refractivity contribution < 1.29 is 23.5 Å². The highest BCUT2D eigenvalue weighted by atomic mass is 32.2. The number of halogens is 1. The number of benzene rings is 2. The number of carbonyl (C=O) groups is 3. The highest BCUT2D eigenvalue weighted by molar-refractivity contribution is 7.98. The average Bonchev–Trinajstić information content (AvgIpc) is 2.70. The molecule has 0 radical (unpaired) electrons. The van der Waals surface area contributed by atoms with E-state index < -0.39 is 18.5 Å². The normalized spacial score (nSPS) is 10.3. The third-order valence-electron chi connectivity index (χ3n) is 3.74. The molecule has 5 nitrogen and oxygen atoms in total. The monoisotopic (exact) mass is 389 g/mol. The Morgan fingerprint density at radius 1 is 1.00 bits per heavy atom. The number of hydrogen-bond donors (Lipinski definition) is 1. The number of hydrogen-bond acceptors (Lipinski definition) is 5. The zero-order valence-corrected chi connectivity index (χ0v) is 15.7. The third kappa shape index (κ3) is 7.22. The predicted molar refractivity (Wildman–Crippen MR) is 101 cm³/mol. The Balaban J connectivity index is 1.66. The highest BCUT2D eigenvalue weighted by Crippen LogP contribution is 2.16. The molecule has 0 spiro atoms.